The number of nitrogens with zero attached hydrogens (tertiary/aromatic N) is 4. The van der Waals surface area contributed by atoms with Crippen molar-refractivity contribution < 1.29 is 9.32 Å². The average molecular weight is 369 g/mol. The van der Waals surface area contributed by atoms with Gasteiger partial charge in [0.1, 0.15) is 5.76 Å². The van der Waals surface area contributed by atoms with E-state index < -0.39 is 0 Å². The fourth-order valence-corrected chi connectivity index (χ4v) is 3.83. The summed E-state index contributed by atoms with van der Waals surface area (Å²) in [5, 5.41) is 6.74. The Morgan fingerprint density at radius 3 is 3.04 bits per heavy atom. The minimum absolute atomic E-state index is 0.0943. The fraction of sp³-hybridized carbons (Fsp3) is 0.474. The number of carbonyl (C=O) groups is 1. The van der Waals surface area contributed by atoms with Crippen molar-refractivity contribution in [2.75, 3.05) is 13.1 Å². The molecular weight excluding hydrogens is 346 g/mol. The molecule has 0 saturated carbocycles. The van der Waals surface area contributed by atoms with Gasteiger partial charge in [0.2, 0.25) is 5.91 Å². The molecule has 0 radical (unpaired) electrons. The maximum atomic E-state index is 12.5. The van der Waals surface area contributed by atoms with Crippen molar-refractivity contribution in [1.82, 2.24) is 24.7 Å². The Hall–Kier alpha value is -2.90. The van der Waals surface area contributed by atoms with E-state index in [0.29, 0.717) is 37.3 Å². The summed E-state index contributed by atoms with van der Waals surface area (Å²) in [5.74, 6) is 0.907. The summed E-state index contributed by atoms with van der Waals surface area (Å²) < 4.78 is 6.55. The van der Waals surface area contributed by atoms with Crippen LogP contribution in [0.15, 0.2) is 27.6 Å². The molecule has 0 aromatic carbocycles. The zero-order valence-electron chi connectivity index (χ0n) is 15.6. The Labute approximate surface area is 156 Å². The van der Waals surface area contributed by atoms with Crippen molar-refractivity contribution >= 4 is 11.6 Å². The van der Waals surface area contributed by atoms with Gasteiger partial charge in [0.15, 0.2) is 5.65 Å². The van der Waals surface area contributed by atoms with Crippen LogP contribution in [0.1, 0.15) is 48.4 Å². The monoisotopic (exact) mass is 369 g/mol. The summed E-state index contributed by atoms with van der Waals surface area (Å²) in [6.07, 6.45) is 4.16. The lowest BCUT2D eigenvalue weighted by Gasteiger charge is -2.16. The SMILES string of the molecule is CCc1c(C)[nH]n2c(=O)cc(C3CCN(C(=O)CCc4ccno4)C3)nc12. The van der Waals surface area contributed by atoms with E-state index in [1.54, 1.807) is 18.3 Å². The Bertz CT molecular complexity index is 1020. The number of nitrogens with one attached hydrogen (secondary N) is 1. The first-order chi connectivity index (χ1) is 13.1. The number of hydrogen-bond acceptors (Lipinski definition) is 5. The van der Waals surface area contributed by atoms with Crippen LogP contribution in [-0.2, 0) is 17.6 Å². The summed E-state index contributed by atoms with van der Waals surface area (Å²) >= 11 is 0. The molecule has 1 unspecified atom stereocenters. The normalized spacial score (nSPS) is 17.1. The number of aromatic amines is 1. The molecule has 27 heavy (non-hydrogen) atoms. The molecule has 1 atom stereocenters. The third kappa shape index (κ3) is 3.27. The molecule has 8 nitrogen and oxygen atoms in total. The average Bonchev–Trinajstić information content (AvgIpc) is 3.39. The molecule has 0 bridgehead atoms. The highest BCUT2D eigenvalue weighted by molar-refractivity contribution is 5.76. The zero-order chi connectivity index (χ0) is 19.0. The first-order valence-electron chi connectivity index (χ1n) is 9.35. The van der Waals surface area contributed by atoms with Crippen LogP contribution in [0.4, 0.5) is 0 Å². The zero-order valence-corrected chi connectivity index (χ0v) is 15.6. The molecule has 4 heterocycles. The van der Waals surface area contributed by atoms with E-state index in [-0.39, 0.29) is 17.4 Å². The standard InChI is InChI=1S/C19H23N5O3/c1-3-15-12(2)22-24-18(26)10-16(21-19(15)24)13-7-9-23(11-13)17(25)5-4-14-6-8-20-27-14/h6,8,10,13,22H,3-5,7,9,11H2,1-2H3. The van der Waals surface area contributed by atoms with Gasteiger partial charge in [0.05, 0.1) is 11.9 Å². The predicted octanol–water partition coefficient (Wildman–Crippen LogP) is 1.83. The van der Waals surface area contributed by atoms with Crippen LogP contribution in [0.5, 0.6) is 0 Å². The highest BCUT2D eigenvalue weighted by Gasteiger charge is 2.29. The molecule has 1 N–H and O–H groups in total. The second-order valence-electron chi connectivity index (χ2n) is 7.05. The van der Waals surface area contributed by atoms with Crippen LogP contribution in [0.2, 0.25) is 0 Å². The van der Waals surface area contributed by atoms with E-state index in [2.05, 4.69) is 17.2 Å². The van der Waals surface area contributed by atoms with Gasteiger partial charge in [-0.25, -0.2) is 9.50 Å². The molecule has 0 spiro atoms. The molecule has 1 aliphatic rings. The number of rotatable bonds is 5. The van der Waals surface area contributed by atoms with E-state index in [1.807, 2.05) is 11.8 Å². The second-order valence-corrected chi connectivity index (χ2v) is 7.05. The van der Waals surface area contributed by atoms with Crippen LogP contribution in [0, 0.1) is 6.92 Å². The summed E-state index contributed by atoms with van der Waals surface area (Å²) in [4.78, 5) is 31.6. The molecule has 1 saturated heterocycles. The van der Waals surface area contributed by atoms with Gasteiger partial charge in [-0.2, -0.15) is 0 Å². The van der Waals surface area contributed by atoms with E-state index in [0.717, 1.165) is 29.8 Å². The summed E-state index contributed by atoms with van der Waals surface area (Å²) in [5.41, 5.74) is 3.40. The van der Waals surface area contributed by atoms with Crippen molar-refractivity contribution in [2.45, 2.75) is 45.4 Å². The van der Waals surface area contributed by atoms with Crippen LogP contribution in [0.25, 0.3) is 5.65 Å². The van der Waals surface area contributed by atoms with Crippen molar-refractivity contribution in [3.05, 3.63) is 51.4 Å². The Balaban J connectivity index is 1.50. The molecule has 0 aliphatic carbocycles. The van der Waals surface area contributed by atoms with Gasteiger partial charge in [-0.1, -0.05) is 12.1 Å². The Morgan fingerprint density at radius 1 is 1.44 bits per heavy atom. The third-order valence-electron chi connectivity index (χ3n) is 5.33. The molecule has 1 aliphatic heterocycles. The third-order valence-corrected chi connectivity index (χ3v) is 5.33. The fourth-order valence-electron chi connectivity index (χ4n) is 3.83. The number of H-pyrrole nitrogens is 1. The van der Waals surface area contributed by atoms with Gasteiger partial charge < -0.3 is 9.42 Å². The first-order valence-corrected chi connectivity index (χ1v) is 9.35. The molecule has 1 fully saturated rings. The predicted molar refractivity (Wildman–Crippen MR) is 98.7 cm³/mol. The van der Waals surface area contributed by atoms with Gasteiger partial charge in [-0.05, 0) is 19.8 Å². The quantitative estimate of drug-likeness (QED) is 0.740. The minimum atomic E-state index is -0.104. The number of carbonyl (C=O) groups excluding carboxylic acids is 1. The van der Waals surface area contributed by atoms with Crippen LogP contribution >= 0.6 is 0 Å². The summed E-state index contributed by atoms with van der Waals surface area (Å²) in [6.45, 7) is 5.30. The molecule has 3 aromatic heterocycles. The lowest BCUT2D eigenvalue weighted by Crippen LogP contribution is -2.29. The number of hydrogen-bond donors (Lipinski definition) is 1. The summed E-state index contributed by atoms with van der Waals surface area (Å²) in [7, 11) is 0. The van der Waals surface area contributed by atoms with Gasteiger partial charge in [0, 0.05) is 55.2 Å². The Morgan fingerprint density at radius 2 is 2.30 bits per heavy atom. The van der Waals surface area contributed by atoms with Crippen LogP contribution in [0.3, 0.4) is 0 Å². The lowest BCUT2D eigenvalue weighted by atomic mass is 10.0. The van der Waals surface area contributed by atoms with Gasteiger partial charge in [-0.15, -0.1) is 0 Å². The van der Waals surface area contributed by atoms with Gasteiger partial charge in [-0.3, -0.25) is 14.7 Å². The van der Waals surface area contributed by atoms with Crippen molar-refractivity contribution in [3.63, 3.8) is 0 Å². The van der Waals surface area contributed by atoms with Crippen molar-refractivity contribution in [3.8, 4) is 0 Å². The number of likely N-dealkylation sites (tertiary alicyclic amines) is 1. The van der Waals surface area contributed by atoms with E-state index in [4.69, 9.17) is 9.51 Å². The topological polar surface area (TPSA) is 96.5 Å². The number of aryl methyl sites for hydroxylation is 3. The van der Waals surface area contributed by atoms with Crippen LogP contribution < -0.4 is 5.56 Å². The van der Waals surface area contributed by atoms with Gasteiger partial charge in [0.25, 0.3) is 5.56 Å². The highest BCUT2D eigenvalue weighted by Crippen LogP contribution is 2.27. The maximum Gasteiger partial charge on any atom is 0.272 e. The molecule has 142 valence electrons. The van der Waals surface area contributed by atoms with E-state index in [9.17, 15) is 9.59 Å². The largest absolute Gasteiger partial charge is 0.361 e. The molecule has 1 amide bonds. The molecule has 3 aromatic rings. The van der Waals surface area contributed by atoms with E-state index >= 15 is 0 Å². The number of fused-ring (bicyclic) bond motifs is 1. The van der Waals surface area contributed by atoms with Crippen molar-refractivity contribution in [1.29, 1.82) is 0 Å². The summed E-state index contributed by atoms with van der Waals surface area (Å²) in [6, 6.07) is 3.37. The smallest absolute Gasteiger partial charge is 0.272 e. The van der Waals surface area contributed by atoms with Crippen molar-refractivity contribution in [2.24, 2.45) is 0 Å². The minimum Gasteiger partial charge on any atom is -0.361 e. The number of aromatic nitrogens is 4. The van der Waals surface area contributed by atoms with Crippen LogP contribution in [-0.4, -0.2) is 43.7 Å². The lowest BCUT2D eigenvalue weighted by molar-refractivity contribution is -0.130. The Kier molecular flexibility index (Phi) is 4.55. The molecular formula is C19H23N5O3. The molecule has 4 rings (SSSR count). The maximum absolute atomic E-state index is 12.5. The second kappa shape index (κ2) is 7.02. The van der Waals surface area contributed by atoms with Gasteiger partial charge >= 0.3 is 0 Å². The van der Waals surface area contributed by atoms with E-state index in [1.165, 1.54) is 4.52 Å². The number of amides is 1. The highest BCUT2D eigenvalue weighted by atomic mass is 16.5. The molecule has 8 heteroatoms. The first kappa shape index (κ1) is 17.5.